The summed E-state index contributed by atoms with van der Waals surface area (Å²) in [6.45, 7) is 5.85. The zero-order valence-electron chi connectivity index (χ0n) is 15.8. The van der Waals surface area contributed by atoms with Gasteiger partial charge in [-0.1, -0.05) is 12.1 Å². The van der Waals surface area contributed by atoms with E-state index >= 15 is 0 Å². The fourth-order valence-electron chi connectivity index (χ4n) is 3.10. The Balaban J connectivity index is 1.66. The number of nitrogens with zero attached hydrogens (tertiary/aromatic N) is 2. The number of amides is 1. The first kappa shape index (κ1) is 17.7. The lowest BCUT2D eigenvalue weighted by atomic mass is 9.94. The molecule has 1 N–H and O–H groups in total. The Bertz CT molecular complexity index is 1140. The molecule has 2 aromatic carbocycles. The van der Waals surface area contributed by atoms with Gasteiger partial charge in [-0.25, -0.2) is 0 Å². The summed E-state index contributed by atoms with van der Waals surface area (Å²) < 4.78 is 10.7. The highest BCUT2D eigenvalue weighted by molar-refractivity contribution is 6.02. The molecule has 28 heavy (non-hydrogen) atoms. The van der Waals surface area contributed by atoms with Gasteiger partial charge < -0.3 is 14.2 Å². The number of hydrogen-bond acceptors (Lipinski definition) is 5. The van der Waals surface area contributed by atoms with E-state index in [-0.39, 0.29) is 11.7 Å². The average Bonchev–Trinajstić information content (AvgIpc) is 3.35. The van der Waals surface area contributed by atoms with Crippen LogP contribution in [0.2, 0.25) is 0 Å². The molecule has 0 atom stereocenters. The summed E-state index contributed by atoms with van der Waals surface area (Å²) in [6.07, 6.45) is 1.48. The third-order valence-electron chi connectivity index (χ3n) is 4.53. The average molecular weight is 373 g/mol. The number of aryl methyl sites for hydroxylation is 3. The molecule has 0 aliphatic carbocycles. The van der Waals surface area contributed by atoms with Crippen LogP contribution in [0.1, 0.15) is 27.6 Å². The quantitative estimate of drug-likeness (QED) is 0.533. The van der Waals surface area contributed by atoms with Gasteiger partial charge in [-0.15, -0.1) is 10.2 Å². The Hall–Kier alpha value is -3.67. The maximum atomic E-state index is 12.3. The normalized spacial score (nSPS) is 10.8. The van der Waals surface area contributed by atoms with E-state index in [0.29, 0.717) is 17.5 Å². The van der Waals surface area contributed by atoms with E-state index in [1.807, 2.05) is 50.2 Å². The molecule has 0 spiro atoms. The number of furan rings is 1. The van der Waals surface area contributed by atoms with Gasteiger partial charge in [-0.3, -0.25) is 4.79 Å². The van der Waals surface area contributed by atoms with Crippen LogP contribution in [-0.4, -0.2) is 16.1 Å². The second-order valence-corrected chi connectivity index (χ2v) is 6.62. The summed E-state index contributed by atoms with van der Waals surface area (Å²) in [7, 11) is 0. The van der Waals surface area contributed by atoms with Crippen LogP contribution in [0.25, 0.3) is 22.6 Å². The third-order valence-corrected chi connectivity index (χ3v) is 4.53. The number of aromatic nitrogens is 2. The Morgan fingerprint density at radius 1 is 0.929 bits per heavy atom. The second kappa shape index (κ2) is 7.15. The first-order valence-corrected chi connectivity index (χ1v) is 8.88. The van der Waals surface area contributed by atoms with E-state index < -0.39 is 0 Å². The minimum Gasteiger partial charge on any atom is -0.459 e. The lowest BCUT2D eigenvalue weighted by Gasteiger charge is -2.13. The molecule has 0 aliphatic rings. The molecule has 0 fully saturated rings. The van der Waals surface area contributed by atoms with Gasteiger partial charge in [0.2, 0.25) is 11.8 Å². The van der Waals surface area contributed by atoms with Gasteiger partial charge in [0.05, 0.1) is 6.26 Å². The first-order chi connectivity index (χ1) is 13.5. The maximum Gasteiger partial charge on any atom is 0.291 e. The summed E-state index contributed by atoms with van der Waals surface area (Å²) >= 11 is 0. The monoisotopic (exact) mass is 373 g/mol. The van der Waals surface area contributed by atoms with Gasteiger partial charge in [0.1, 0.15) is 0 Å². The van der Waals surface area contributed by atoms with Crippen molar-refractivity contribution >= 4 is 11.6 Å². The van der Waals surface area contributed by atoms with Crippen LogP contribution in [-0.2, 0) is 0 Å². The number of carbonyl (C=O) groups excluding carboxylic acids is 1. The summed E-state index contributed by atoms with van der Waals surface area (Å²) in [4.78, 5) is 12.3. The number of carbonyl (C=O) groups is 1. The number of nitrogens with one attached hydrogen (secondary N) is 1. The molecule has 0 saturated heterocycles. The van der Waals surface area contributed by atoms with Crippen LogP contribution in [0.5, 0.6) is 0 Å². The van der Waals surface area contributed by atoms with Crippen LogP contribution >= 0.6 is 0 Å². The van der Waals surface area contributed by atoms with E-state index in [1.54, 1.807) is 19.1 Å². The van der Waals surface area contributed by atoms with E-state index in [1.165, 1.54) is 6.26 Å². The molecule has 2 aromatic heterocycles. The Labute approximate surface area is 162 Å². The highest BCUT2D eigenvalue weighted by Gasteiger charge is 2.13. The van der Waals surface area contributed by atoms with Crippen molar-refractivity contribution in [3.05, 3.63) is 77.6 Å². The number of anilines is 1. The largest absolute Gasteiger partial charge is 0.459 e. The lowest BCUT2D eigenvalue weighted by molar-refractivity contribution is 0.0996. The predicted molar refractivity (Wildman–Crippen MR) is 106 cm³/mol. The smallest absolute Gasteiger partial charge is 0.291 e. The van der Waals surface area contributed by atoms with Gasteiger partial charge >= 0.3 is 0 Å². The summed E-state index contributed by atoms with van der Waals surface area (Å²) in [5, 5.41) is 10.8. The molecule has 0 unspecified atom stereocenters. The van der Waals surface area contributed by atoms with Gasteiger partial charge in [-0.2, -0.15) is 0 Å². The van der Waals surface area contributed by atoms with Crippen LogP contribution < -0.4 is 5.32 Å². The molecular weight excluding hydrogens is 354 g/mol. The summed E-state index contributed by atoms with van der Waals surface area (Å²) in [5.74, 6) is 1.03. The van der Waals surface area contributed by atoms with Gasteiger partial charge in [0, 0.05) is 18.2 Å². The molecule has 1 amide bonds. The molecule has 140 valence electrons. The van der Waals surface area contributed by atoms with Crippen molar-refractivity contribution < 1.29 is 13.6 Å². The van der Waals surface area contributed by atoms with Gasteiger partial charge in [0.25, 0.3) is 5.91 Å². The van der Waals surface area contributed by atoms with Crippen molar-refractivity contribution in [2.24, 2.45) is 0 Å². The fraction of sp³-hybridized carbons (Fsp3) is 0.136. The number of hydrogen-bond donors (Lipinski definition) is 1. The molecule has 2 heterocycles. The van der Waals surface area contributed by atoms with Crippen molar-refractivity contribution in [2.75, 3.05) is 5.32 Å². The summed E-state index contributed by atoms with van der Waals surface area (Å²) in [6, 6.07) is 15.2. The zero-order valence-corrected chi connectivity index (χ0v) is 15.8. The highest BCUT2D eigenvalue weighted by Crippen LogP contribution is 2.32. The first-order valence-electron chi connectivity index (χ1n) is 8.88. The number of benzene rings is 2. The SMILES string of the molecule is Cc1nnc(-c2ccc(-c3cc(NC(=O)c4ccco4)ccc3C)c(C)c2)o1. The van der Waals surface area contributed by atoms with Crippen molar-refractivity contribution in [1.29, 1.82) is 0 Å². The summed E-state index contributed by atoms with van der Waals surface area (Å²) in [5.41, 5.74) is 5.89. The second-order valence-electron chi connectivity index (χ2n) is 6.62. The Morgan fingerprint density at radius 2 is 1.79 bits per heavy atom. The van der Waals surface area contributed by atoms with E-state index in [9.17, 15) is 4.79 Å². The molecule has 6 nitrogen and oxygen atoms in total. The topological polar surface area (TPSA) is 81.2 Å². The van der Waals surface area contributed by atoms with E-state index in [4.69, 9.17) is 8.83 Å². The van der Waals surface area contributed by atoms with Crippen LogP contribution in [0, 0.1) is 20.8 Å². The van der Waals surface area contributed by atoms with E-state index in [0.717, 1.165) is 27.8 Å². The molecule has 4 rings (SSSR count). The minimum absolute atomic E-state index is 0.275. The maximum absolute atomic E-state index is 12.3. The van der Waals surface area contributed by atoms with Crippen molar-refractivity contribution in [2.45, 2.75) is 20.8 Å². The molecule has 4 aromatic rings. The molecule has 0 aliphatic heterocycles. The molecule has 0 saturated carbocycles. The van der Waals surface area contributed by atoms with Crippen molar-refractivity contribution in [3.63, 3.8) is 0 Å². The van der Waals surface area contributed by atoms with Gasteiger partial charge in [-0.05, 0) is 72.5 Å². The highest BCUT2D eigenvalue weighted by atomic mass is 16.4. The lowest BCUT2D eigenvalue weighted by Crippen LogP contribution is -2.10. The minimum atomic E-state index is -0.279. The van der Waals surface area contributed by atoms with Crippen LogP contribution in [0.4, 0.5) is 5.69 Å². The molecule has 0 radical (unpaired) electrons. The zero-order chi connectivity index (χ0) is 19.7. The van der Waals surface area contributed by atoms with Crippen LogP contribution in [0.15, 0.2) is 63.6 Å². The Kier molecular flexibility index (Phi) is 4.53. The predicted octanol–water partition coefficient (Wildman–Crippen LogP) is 5.17. The van der Waals surface area contributed by atoms with E-state index in [2.05, 4.69) is 15.5 Å². The third kappa shape index (κ3) is 3.44. The van der Waals surface area contributed by atoms with Crippen molar-refractivity contribution in [1.82, 2.24) is 10.2 Å². The van der Waals surface area contributed by atoms with Crippen LogP contribution in [0.3, 0.4) is 0 Å². The fourth-order valence-corrected chi connectivity index (χ4v) is 3.10. The number of rotatable bonds is 4. The Morgan fingerprint density at radius 3 is 2.46 bits per heavy atom. The molecule has 6 heteroatoms. The van der Waals surface area contributed by atoms with Crippen molar-refractivity contribution in [3.8, 4) is 22.6 Å². The standard InChI is InChI=1S/C22H19N3O3/c1-13-6-8-17(23-21(26)20-5-4-10-27-20)12-19(13)18-9-7-16(11-14(18)2)22-25-24-15(3)28-22/h4-12H,1-3H3,(H,23,26). The van der Waals surface area contributed by atoms with Gasteiger partial charge in [0.15, 0.2) is 5.76 Å². The molecule has 0 bridgehead atoms. The molecular formula is C22H19N3O3.